The lowest BCUT2D eigenvalue weighted by Gasteiger charge is -2.21. The van der Waals surface area contributed by atoms with Gasteiger partial charge in [0.05, 0.1) is 17.1 Å². The highest BCUT2D eigenvalue weighted by atomic mass is 79.9. The number of nitrogens with zero attached hydrogens (tertiary/aromatic N) is 1. The molecule has 118 valence electrons. The van der Waals surface area contributed by atoms with E-state index in [1.807, 2.05) is 6.92 Å². The third-order valence-corrected chi connectivity index (χ3v) is 5.81. The fourth-order valence-corrected chi connectivity index (χ4v) is 4.12. The molecule has 0 amide bonds. The monoisotopic (exact) mass is 379 g/mol. The minimum absolute atomic E-state index is 0.0549. The number of carboxylic acid groups (broad SMARTS) is 1. The maximum atomic E-state index is 12.6. The van der Waals surface area contributed by atoms with E-state index in [9.17, 15) is 13.2 Å². The van der Waals surface area contributed by atoms with Crippen molar-refractivity contribution in [2.75, 3.05) is 26.3 Å². The zero-order valence-corrected chi connectivity index (χ0v) is 14.3. The molecule has 0 unspecified atom stereocenters. The molecule has 0 spiro atoms. The smallest absolute Gasteiger partial charge is 0.335 e. The maximum absolute atomic E-state index is 12.6. The van der Waals surface area contributed by atoms with Gasteiger partial charge in [-0.15, -0.1) is 0 Å². The van der Waals surface area contributed by atoms with Crippen molar-refractivity contribution < 1.29 is 23.1 Å². The Kier molecular flexibility index (Phi) is 6.79. The number of halogens is 1. The molecule has 0 aliphatic carbocycles. The van der Waals surface area contributed by atoms with Gasteiger partial charge in [-0.1, -0.05) is 6.92 Å². The van der Waals surface area contributed by atoms with Crippen molar-refractivity contribution in [3.8, 4) is 0 Å². The summed E-state index contributed by atoms with van der Waals surface area (Å²) < 4.78 is 32.0. The Balaban J connectivity index is 3.15. The SMILES string of the molecule is CCOCCN(CC)S(=O)(=O)c1cc(C(=O)O)ccc1Br. The average Bonchev–Trinajstić information content (AvgIpc) is 2.43. The number of rotatable bonds is 8. The first-order valence-electron chi connectivity index (χ1n) is 6.45. The van der Waals surface area contributed by atoms with E-state index in [0.29, 0.717) is 17.7 Å². The van der Waals surface area contributed by atoms with Gasteiger partial charge in [0.1, 0.15) is 0 Å². The first-order valence-corrected chi connectivity index (χ1v) is 8.68. The van der Waals surface area contributed by atoms with Crippen molar-refractivity contribution in [2.45, 2.75) is 18.7 Å². The van der Waals surface area contributed by atoms with Crippen molar-refractivity contribution in [1.82, 2.24) is 4.31 Å². The number of hydrogen-bond acceptors (Lipinski definition) is 4. The molecule has 0 saturated heterocycles. The second-order valence-corrected chi connectivity index (χ2v) is 6.90. The van der Waals surface area contributed by atoms with E-state index in [0.717, 1.165) is 6.07 Å². The van der Waals surface area contributed by atoms with Gasteiger partial charge in [0.2, 0.25) is 10.0 Å². The summed E-state index contributed by atoms with van der Waals surface area (Å²) in [5.41, 5.74) is -0.0716. The van der Waals surface area contributed by atoms with Crippen molar-refractivity contribution in [2.24, 2.45) is 0 Å². The predicted octanol–water partition coefficient (Wildman–Crippen LogP) is 2.19. The number of ether oxygens (including phenoxy) is 1. The molecule has 1 aromatic carbocycles. The molecule has 0 heterocycles. The number of carboxylic acids is 1. The second-order valence-electron chi connectivity index (χ2n) is 4.14. The molecule has 1 rings (SSSR count). The molecule has 1 N–H and O–H groups in total. The lowest BCUT2D eigenvalue weighted by molar-refractivity contribution is 0.0696. The van der Waals surface area contributed by atoms with Crippen LogP contribution in [0.25, 0.3) is 0 Å². The lowest BCUT2D eigenvalue weighted by atomic mass is 10.2. The van der Waals surface area contributed by atoms with Crippen LogP contribution in [0.3, 0.4) is 0 Å². The Labute approximate surface area is 132 Å². The molecular weight excluding hydrogens is 362 g/mol. The van der Waals surface area contributed by atoms with Crippen molar-refractivity contribution in [3.05, 3.63) is 28.2 Å². The van der Waals surface area contributed by atoms with Crippen LogP contribution in [0.1, 0.15) is 24.2 Å². The van der Waals surface area contributed by atoms with Gasteiger partial charge in [-0.3, -0.25) is 0 Å². The Bertz CT molecular complexity index is 603. The van der Waals surface area contributed by atoms with Gasteiger partial charge in [0.15, 0.2) is 0 Å². The number of sulfonamides is 1. The normalized spacial score (nSPS) is 11.8. The summed E-state index contributed by atoms with van der Waals surface area (Å²) in [6.45, 7) is 4.85. The third kappa shape index (κ3) is 4.50. The van der Waals surface area contributed by atoms with Gasteiger partial charge in [-0.25, -0.2) is 13.2 Å². The second kappa shape index (κ2) is 7.88. The first kappa shape index (κ1) is 18.1. The summed E-state index contributed by atoms with van der Waals surface area (Å²) in [6, 6.07) is 3.93. The summed E-state index contributed by atoms with van der Waals surface area (Å²) in [4.78, 5) is 10.9. The number of carbonyl (C=O) groups is 1. The number of aromatic carboxylic acids is 1. The van der Waals surface area contributed by atoms with E-state index in [4.69, 9.17) is 9.84 Å². The van der Waals surface area contributed by atoms with E-state index in [2.05, 4.69) is 15.9 Å². The molecule has 0 bridgehead atoms. The Hall–Kier alpha value is -0.960. The highest BCUT2D eigenvalue weighted by molar-refractivity contribution is 9.10. The minimum Gasteiger partial charge on any atom is -0.478 e. The molecular formula is C13H18BrNO5S. The van der Waals surface area contributed by atoms with Gasteiger partial charge in [0.25, 0.3) is 0 Å². The van der Waals surface area contributed by atoms with E-state index in [-0.39, 0.29) is 23.5 Å². The zero-order valence-electron chi connectivity index (χ0n) is 11.9. The summed E-state index contributed by atoms with van der Waals surface area (Å²) >= 11 is 3.16. The molecule has 0 saturated carbocycles. The third-order valence-electron chi connectivity index (χ3n) is 2.84. The number of likely N-dealkylation sites (N-methyl/N-ethyl adjacent to an activating group) is 1. The molecule has 0 aliphatic rings. The Morgan fingerprint density at radius 3 is 2.57 bits per heavy atom. The maximum Gasteiger partial charge on any atom is 0.335 e. The molecule has 0 fully saturated rings. The van der Waals surface area contributed by atoms with E-state index < -0.39 is 16.0 Å². The van der Waals surface area contributed by atoms with Crippen LogP contribution in [0.4, 0.5) is 0 Å². The fourth-order valence-electron chi connectivity index (χ4n) is 1.73. The van der Waals surface area contributed by atoms with Crippen LogP contribution in [0.15, 0.2) is 27.6 Å². The number of benzene rings is 1. The van der Waals surface area contributed by atoms with E-state index >= 15 is 0 Å². The van der Waals surface area contributed by atoms with Crippen molar-refractivity contribution in [3.63, 3.8) is 0 Å². The minimum atomic E-state index is -3.78. The fraction of sp³-hybridized carbons (Fsp3) is 0.462. The topological polar surface area (TPSA) is 83.9 Å². The molecule has 1 aromatic rings. The van der Waals surface area contributed by atoms with Crippen LogP contribution in [0.5, 0.6) is 0 Å². The largest absolute Gasteiger partial charge is 0.478 e. The Morgan fingerprint density at radius 1 is 1.38 bits per heavy atom. The summed E-state index contributed by atoms with van der Waals surface area (Å²) in [5, 5.41) is 8.99. The standard InChI is InChI=1S/C13H18BrNO5S/c1-3-15(7-8-20-4-2)21(18,19)12-9-10(13(16)17)5-6-11(12)14/h5-6,9H,3-4,7-8H2,1-2H3,(H,16,17). The van der Waals surface area contributed by atoms with Crippen LogP contribution in [-0.4, -0.2) is 50.1 Å². The highest BCUT2D eigenvalue weighted by Gasteiger charge is 2.26. The van der Waals surface area contributed by atoms with Gasteiger partial charge in [0, 0.05) is 24.2 Å². The predicted molar refractivity (Wildman–Crippen MR) is 82.0 cm³/mol. The van der Waals surface area contributed by atoms with E-state index in [1.54, 1.807) is 6.92 Å². The molecule has 21 heavy (non-hydrogen) atoms. The Morgan fingerprint density at radius 2 is 2.05 bits per heavy atom. The molecule has 0 atom stereocenters. The lowest BCUT2D eigenvalue weighted by Crippen LogP contribution is -2.34. The van der Waals surface area contributed by atoms with Crippen LogP contribution in [0, 0.1) is 0 Å². The average molecular weight is 380 g/mol. The highest BCUT2D eigenvalue weighted by Crippen LogP contribution is 2.26. The zero-order chi connectivity index (χ0) is 16.0. The molecule has 6 nitrogen and oxygen atoms in total. The molecule has 0 aliphatic heterocycles. The summed E-state index contributed by atoms with van der Waals surface area (Å²) in [7, 11) is -3.78. The van der Waals surface area contributed by atoms with Crippen LogP contribution < -0.4 is 0 Å². The van der Waals surface area contributed by atoms with Gasteiger partial charge < -0.3 is 9.84 Å². The van der Waals surface area contributed by atoms with Gasteiger partial charge in [-0.2, -0.15) is 4.31 Å². The molecule has 0 aromatic heterocycles. The van der Waals surface area contributed by atoms with Crippen molar-refractivity contribution >= 4 is 31.9 Å². The van der Waals surface area contributed by atoms with Crippen LogP contribution in [0.2, 0.25) is 0 Å². The van der Waals surface area contributed by atoms with Crippen LogP contribution >= 0.6 is 15.9 Å². The summed E-state index contributed by atoms with van der Waals surface area (Å²) in [6.07, 6.45) is 0. The van der Waals surface area contributed by atoms with Crippen LogP contribution in [-0.2, 0) is 14.8 Å². The summed E-state index contributed by atoms with van der Waals surface area (Å²) in [5.74, 6) is -1.17. The van der Waals surface area contributed by atoms with E-state index in [1.165, 1.54) is 16.4 Å². The van der Waals surface area contributed by atoms with Gasteiger partial charge in [-0.05, 0) is 41.1 Å². The molecule has 8 heteroatoms. The number of hydrogen-bond donors (Lipinski definition) is 1. The quantitative estimate of drug-likeness (QED) is 0.699. The first-order chi connectivity index (χ1) is 9.84. The van der Waals surface area contributed by atoms with Gasteiger partial charge >= 0.3 is 5.97 Å². The van der Waals surface area contributed by atoms with Crippen molar-refractivity contribution in [1.29, 1.82) is 0 Å². The molecule has 0 radical (unpaired) electrons.